The average Bonchev–Trinajstić information content (AvgIpc) is 3.22. The molecule has 3 N–H and O–H groups in total. The maximum absolute atomic E-state index is 10.3. The third-order valence-corrected chi connectivity index (χ3v) is 11.0. The molecule has 0 aromatic heterocycles. The molecule has 0 atom stereocenters. The van der Waals surface area contributed by atoms with E-state index in [1.54, 1.807) is 0 Å². The Labute approximate surface area is 373 Å². The summed E-state index contributed by atoms with van der Waals surface area (Å²) in [6.07, 6.45) is 63.7. The molecule has 0 aliphatic rings. The first-order valence-electron chi connectivity index (χ1n) is 25.9. The smallest absolute Gasteiger partial charge is 0.303 e. The Balaban J connectivity index is -0.000000812. The van der Waals surface area contributed by atoms with Crippen molar-refractivity contribution in [2.45, 2.75) is 290 Å². The predicted molar refractivity (Wildman–Crippen MR) is 261 cm³/mol. The minimum absolute atomic E-state index is 0.332. The molecule has 0 saturated heterocycles. The Kier molecular flexibility index (Phi) is 60.6. The fourth-order valence-electron chi connectivity index (χ4n) is 7.04. The average molecular weight is 847 g/mol. The van der Waals surface area contributed by atoms with Crippen LogP contribution in [0.3, 0.4) is 0 Å². The molecule has 60 heavy (non-hydrogen) atoms. The van der Waals surface area contributed by atoms with E-state index >= 15 is 0 Å². The van der Waals surface area contributed by atoms with E-state index in [4.69, 9.17) is 15.3 Å². The third kappa shape index (κ3) is 70.2. The van der Waals surface area contributed by atoms with E-state index in [1.807, 2.05) is 0 Å². The van der Waals surface area contributed by atoms with Crippen molar-refractivity contribution >= 4 is 17.9 Å². The van der Waals surface area contributed by atoms with Gasteiger partial charge in [0.2, 0.25) is 0 Å². The van der Waals surface area contributed by atoms with Crippen molar-refractivity contribution in [3.8, 4) is 0 Å². The van der Waals surface area contributed by atoms with Gasteiger partial charge in [-0.2, -0.15) is 0 Å². The van der Waals surface area contributed by atoms with Crippen LogP contribution in [0.15, 0.2) is 36.5 Å². The lowest BCUT2D eigenvalue weighted by atomic mass is 10.1. The molecule has 0 rings (SSSR count). The van der Waals surface area contributed by atoms with Gasteiger partial charge in [-0.3, -0.25) is 14.4 Å². The maximum atomic E-state index is 10.3. The molecule has 354 valence electrons. The van der Waals surface area contributed by atoms with Gasteiger partial charge in [0.15, 0.2) is 0 Å². The zero-order chi connectivity index (χ0) is 44.7. The summed E-state index contributed by atoms with van der Waals surface area (Å²) in [4.78, 5) is 31.0. The highest BCUT2D eigenvalue weighted by molar-refractivity contribution is 5.67. The Morgan fingerprint density at radius 2 is 0.400 bits per heavy atom. The minimum Gasteiger partial charge on any atom is -0.481 e. The van der Waals surface area contributed by atoms with Gasteiger partial charge in [-0.25, -0.2) is 0 Å². The van der Waals surface area contributed by atoms with Gasteiger partial charge >= 0.3 is 17.9 Å². The zero-order valence-electron chi connectivity index (χ0n) is 40.2. The van der Waals surface area contributed by atoms with Crippen LogP contribution in [0.2, 0.25) is 0 Å². The van der Waals surface area contributed by atoms with Crippen molar-refractivity contribution in [3.05, 3.63) is 36.5 Å². The van der Waals surface area contributed by atoms with Crippen LogP contribution in [0.25, 0.3) is 0 Å². The summed E-state index contributed by atoms with van der Waals surface area (Å²) in [7, 11) is 0. The van der Waals surface area contributed by atoms with Gasteiger partial charge in [-0.05, 0) is 96.3 Å². The molecule has 0 aliphatic heterocycles. The van der Waals surface area contributed by atoms with Crippen molar-refractivity contribution in [1.82, 2.24) is 0 Å². The van der Waals surface area contributed by atoms with Crippen LogP contribution in [0.5, 0.6) is 0 Å². The second kappa shape index (κ2) is 58.7. The molecule has 6 nitrogen and oxygen atoms in total. The van der Waals surface area contributed by atoms with Gasteiger partial charge in [-0.1, -0.05) is 211 Å². The van der Waals surface area contributed by atoms with Crippen molar-refractivity contribution in [2.75, 3.05) is 0 Å². The fourth-order valence-corrected chi connectivity index (χ4v) is 7.04. The molecular weight excluding hydrogens is 745 g/mol. The molecule has 0 aromatic carbocycles. The second-order valence-electron chi connectivity index (χ2n) is 17.2. The Morgan fingerprint density at radius 1 is 0.250 bits per heavy atom. The van der Waals surface area contributed by atoms with Crippen LogP contribution in [0.4, 0.5) is 0 Å². The van der Waals surface area contributed by atoms with Crippen LogP contribution >= 0.6 is 0 Å². The summed E-state index contributed by atoms with van der Waals surface area (Å²) in [5.74, 6) is -1.99. The standard InChI is InChI=1S/3C18H34O2/c3*1-2-3-4-5-6-7-8-9-10-11-12-13-14-15-16-17-18(19)20/h3*9-10H,2-8,11-17H2,1H3,(H,19,20)/b3*10-9+. The summed E-state index contributed by atoms with van der Waals surface area (Å²) < 4.78 is 0. The molecule has 0 fully saturated rings. The summed E-state index contributed by atoms with van der Waals surface area (Å²) in [6, 6.07) is 0. The Hall–Kier alpha value is -2.37. The molecule has 0 bridgehead atoms. The van der Waals surface area contributed by atoms with Crippen LogP contribution in [0.1, 0.15) is 290 Å². The normalized spacial score (nSPS) is 11.2. The largest absolute Gasteiger partial charge is 0.481 e. The van der Waals surface area contributed by atoms with Crippen LogP contribution in [-0.4, -0.2) is 33.2 Å². The highest BCUT2D eigenvalue weighted by atomic mass is 16.4. The topological polar surface area (TPSA) is 112 Å². The molecular formula is C54H102O6. The number of unbranched alkanes of at least 4 members (excludes halogenated alkanes) is 33. The number of rotatable bonds is 45. The predicted octanol–water partition coefficient (Wildman–Crippen LogP) is 18.3. The molecule has 0 unspecified atom stereocenters. The number of hydrogen-bond acceptors (Lipinski definition) is 3. The van der Waals surface area contributed by atoms with E-state index in [2.05, 4.69) is 57.2 Å². The number of aliphatic carboxylic acids is 3. The molecule has 0 aromatic rings. The molecule has 0 spiro atoms. The van der Waals surface area contributed by atoms with Crippen molar-refractivity contribution in [1.29, 1.82) is 0 Å². The van der Waals surface area contributed by atoms with E-state index in [0.29, 0.717) is 19.3 Å². The van der Waals surface area contributed by atoms with Crippen LogP contribution in [0, 0.1) is 0 Å². The Morgan fingerprint density at radius 3 is 0.567 bits per heavy atom. The number of carbonyl (C=O) groups is 3. The lowest BCUT2D eigenvalue weighted by Gasteiger charge is -1.99. The molecule has 0 aliphatic carbocycles. The van der Waals surface area contributed by atoms with Gasteiger partial charge < -0.3 is 15.3 Å². The van der Waals surface area contributed by atoms with E-state index in [1.165, 1.54) is 212 Å². The van der Waals surface area contributed by atoms with Gasteiger partial charge in [0.05, 0.1) is 0 Å². The van der Waals surface area contributed by atoms with Crippen molar-refractivity contribution in [3.63, 3.8) is 0 Å². The molecule has 0 heterocycles. The zero-order valence-corrected chi connectivity index (χ0v) is 40.2. The first-order valence-corrected chi connectivity index (χ1v) is 25.9. The quantitative estimate of drug-likeness (QED) is 0.0416. The monoisotopic (exact) mass is 847 g/mol. The van der Waals surface area contributed by atoms with E-state index in [9.17, 15) is 14.4 Å². The number of allylic oxidation sites excluding steroid dienone is 6. The minimum atomic E-state index is -0.664. The summed E-state index contributed by atoms with van der Waals surface area (Å²) >= 11 is 0. The molecule has 0 saturated carbocycles. The highest BCUT2D eigenvalue weighted by Gasteiger charge is 1.98. The number of hydrogen-bond donors (Lipinski definition) is 3. The van der Waals surface area contributed by atoms with Crippen LogP contribution in [-0.2, 0) is 14.4 Å². The van der Waals surface area contributed by atoms with Crippen molar-refractivity contribution in [2.24, 2.45) is 0 Å². The van der Waals surface area contributed by atoms with E-state index < -0.39 is 17.9 Å². The Bertz CT molecular complexity index is 820. The first-order chi connectivity index (χ1) is 29.3. The summed E-state index contributed by atoms with van der Waals surface area (Å²) in [5, 5.41) is 25.5. The van der Waals surface area contributed by atoms with Crippen LogP contribution < -0.4 is 0 Å². The van der Waals surface area contributed by atoms with Gasteiger partial charge in [0, 0.05) is 19.3 Å². The summed E-state index contributed by atoms with van der Waals surface area (Å²) in [5.41, 5.74) is 0. The third-order valence-electron chi connectivity index (χ3n) is 11.0. The SMILES string of the molecule is CCCCCCCC/C=C/CCCCCCCC(=O)O.CCCCCCCC/C=C/CCCCCCCC(=O)O.CCCCCCCC/C=C/CCCCCCCC(=O)O. The number of carboxylic acids is 3. The molecule has 0 amide bonds. The maximum Gasteiger partial charge on any atom is 0.303 e. The molecule has 6 heteroatoms. The van der Waals surface area contributed by atoms with E-state index in [-0.39, 0.29) is 0 Å². The lowest BCUT2D eigenvalue weighted by Crippen LogP contribution is -1.93. The second-order valence-corrected chi connectivity index (χ2v) is 17.2. The highest BCUT2D eigenvalue weighted by Crippen LogP contribution is 2.13. The van der Waals surface area contributed by atoms with Crippen molar-refractivity contribution < 1.29 is 29.7 Å². The van der Waals surface area contributed by atoms with E-state index in [0.717, 1.165) is 38.5 Å². The lowest BCUT2D eigenvalue weighted by molar-refractivity contribution is -0.138. The molecule has 0 radical (unpaired) electrons. The van der Waals surface area contributed by atoms with Gasteiger partial charge in [0.25, 0.3) is 0 Å². The summed E-state index contributed by atoms with van der Waals surface area (Å²) in [6.45, 7) is 6.78. The fraction of sp³-hybridized carbons (Fsp3) is 0.833. The van der Waals surface area contributed by atoms with Gasteiger partial charge in [0.1, 0.15) is 0 Å². The van der Waals surface area contributed by atoms with Gasteiger partial charge in [-0.15, -0.1) is 0 Å². The number of carboxylic acid groups (broad SMARTS) is 3. The first kappa shape index (κ1) is 61.9.